The monoisotopic (exact) mass is 526 g/mol. The normalized spacial score (nSPS) is 14.4. The molecule has 1 unspecified atom stereocenters. The quantitative estimate of drug-likeness (QED) is 0.435. The number of aromatic nitrogens is 2. The molecule has 0 aliphatic carbocycles. The summed E-state index contributed by atoms with van der Waals surface area (Å²) in [6.07, 6.45) is -9.46. The summed E-state index contributed by atoms with van der Waals surface area (Å²) in [6.45, 7) is 1.75. The predicted molar refractivity (Wildman–Crippen MR) is 119 cm³/mol. The number of alkyl halides is 6. The highest BCUT2D eigenvalue weighted by atomic mass is 19.4. The van der Waals surface area contributed by atoms with E-state index in [9.17, 15) is 35.9 Å². The van der Waals surface area contributed by atoms with Crippen molar-refractivity contribution in [3.63, 3.8) is 0 Å². The number of hydrogen-bond donors (Lipinski definition) is 2. The number of rotatable bonds is 6. The fourth-order valence-electron chi connectivity index (χ4n) is 4.10. The first-order valence-electron chi connectivity index (χ1n) is 11.0. The lowest BCUT2D eigenvalue weighted by Crippen LogP contribution is -2.31. The standard InChI is InChI=1S/C24H20F6N4O3/c1-13(15-4-6-16(7-5-15)22(36)37)31-20(35)18-19(24(28,29)30)32-34-11-10-33(21(18)34)12-14-2-8-17(9-3-14)23(25,26)27/h2-9,13H,10-12H2,1H3,(H,31,35)(H,36,37). The minimum atomic E-state index is -4.93. The molecule has 0 spiro atoms. The number of carbonyl (C=O) groups excluding carboxylic acids is 1. The lowest BCUT2D eigenvalue weighted by atomic mass is 10.1. The highest BCUT2D eigenvalue weighted by Gasteiger charge is 2.44. The number of nitrogens with one attached hydrogen (secondary N) is 1. The minimum absolute atomic E-state index is 0.00926. The fraction of sp³-hybridized carbons (Fsp3) is 0.292. The third-order valence-electron chi connectivity index (χ3n) is 5.96. The molecule has 13 heteroatoms. The molecule has 1 aromatic heterocycles. The lowest BCUT2D eigenvalue weighted by molar-refractivity contribution is -0.142. The number of carboxylic acid groups (broad SMARTS) is 1. The van der Waals surface area contributed by atoms with Gasteiger partial charge in [-0.2, -0.15) is 31.4 Å². The van der Waals surface area contributed by atoms with E-state index in [2.05, 4.69) is 10.4 Å². The van der Waals surface area contributed by atoms with Gasteiger partial charge in [-0.25, -0.2) is 9.48 Å². The molecule has 0 bridgehead atoms. The van der Waals surface area contributed by atoms with Crippen molar-refractivity contribution in [1.82, 2.24) is 15.1 Å². The molecule has 0 saturated carbocycles. The summed E-state index contributed by atoms with van der Waals surface area (Å²) in [5.74, 6) is -2.28. The fourth-order valence-corrected chi connectivity index (χ4v) is 4.10. The topological polar surface area (TPSA) is 87.5 Å². The van der Waals surface area contributed by atoms with Gasteiger partial charge in [-0.05, 0) is 42.3 Å². The Morgan fingerprint density at radius 3 is 2.14 bits per heavy atom. The van der Waals surface area contributed by atoms with Gasteiger partial charge in [0.05, 0.1) is 23.7 Å². The van der Waals surface area contributed by atoms with Crippen LogP contribution < -0.4 is 10.2 Å². The number of aromatic carboxylic acids is 1. The van der Waals surface area contributed by atoms with E-state index in [0.717, 1.165) is 16.8 Å². The Bertz CT molecular complexity index is 1310. The Morgan fingerprint density at radius 1 is 0.973 bits per heavy atom. The second-order valence-corrected chi connectivity index (χ2v) is 8.51. The van der Waals surface area contributed by atoms with Gasteiger partial charge in [-0.3, -0.25) is 4.79 Å². The first-order valence-corrected chi connectivity index (χ1v) is 11.0. The number of fused-ring (bicyclic) bond motifs is 1. The van der Waals surface area contributed by atoms with Crippen LogP contribution in [0.4, 0.5) is 32.2 Å². The van der Waals surface area contributed by atoms with Crippen molar-refractivity contribution in [2.24, 2.45) is 0 Å². The Kier molecular flexibility index (Phi) is 6.65. The van der Waals surface area contributed by atoms with Gasteiger partial charge in [0, 0.05) is 13.1 Å². The molecular formula is C24H20F6N4O3. The van der Waals surface area contributed by atoms with E-state index in [1.807, 2.05) is 0 Å². The molecule has 2 aromatic carbocycles. The number of anilines is 1. The molecule has 0 saturated heterocycles. The Hall–Kier alpha value is -4.03. The van der Waals surface area contributed by atoms with Crippen LogP contribution in [0.25, 0.3) is 0 Å². The van der Waals surface area contributed by atoms with Crippen LogP contribution in [-0.2, 0) is 25.4 Å². The Balaban J connectivity index is 1.62. The molecule has 2 heterocycles. The average molecular weight is 526 g/mol. The maximum Gasteiger partial charge on any atom is 0.436 e. The summed E-state index contributed by atoms with van der Waals surface area (Å²) < 4.78 is 81.1. The lowest BCUT2D eigenvalue weighted by Gasteiger charge is -2.21. The van der Waals surface area contributed by atoms with Crippen LogP contribution >= 0.6 is 0 Å². The zero-order valence-corrected chi connectivity index (χ0v) is 19.2. The van der Waals surface area contributed by atoms with Crippen molar-refractivity contribution in [3.05, 3.63) is 82.0 Å². The van der Waals surface area contributed by atoms with E-state index < -0.39 is 47.1 Å². The van der Waals surface area contributed by atoms with Gasteiger partial charge in [-0.1, -0.05) is 24.3 Å². The van der Waals surface area contributed by atoms with Crippen LogP contribution in [-0.4, -0.2) is 33.3 Å². The second-order valence-electron chi connectivity index (χ2n) is 8.51. The SMILES string of the molecule is CC(NC(=O)c1c(C(F)(F)F)nn2c1N(Cc1ccc(C(F)(F)F)cc1)CC2)c1ccc(C(=O)O)cc1. The van der Waals surface area contributed by atoms with E-state index in [0.29, 0.717) is 11.1 Å². The van der Waals surface area contributed by atoms with Crippen molar-refractivity contribution in [2.45, 2.75) is 38.4 Å². The van der Waals surface area contributed by atoms with Crippen molar-refractivity contribution < 1.29 is 41.0 Å². The molecule has 0 fully saturated rings. The molecular weight excluding hydrogens is 506 g/mol. The van der Waals surface area contributed by atoms with E-state index in [1.165, 1.54) is 48.2 Å². The van der Waals surface area contributed by atoms with Gasteiger partial charge in [0.15, 0.2) is 5.69 Å². The van der Waals surface area contributed by atoms with E-state index in [1.54, 1.807) is 0 Å². The van der Waals surface area contributed by atoms with Gasteiger partial charge in [-0.15, -0.1) is 0 Å². The molecule has 196 valence electrons. The van der Waals surface area contributed by atoms with Gasteiger partial charge >= 0.3 is 18.3 Å². The van der Waals surface area contributed by atoms with E-state index in [4.69, 9.17) is 5.11 Å². The first kappa shape index (κ1) is 26.0. The Morgan fingerprint density at radius 2 is 1.59 bits per heavy atom. The number of nitrogens with zero attached hydrogens (tertiary/aromatic N) is 3. The van der Waals surface area contributed by atoms with Gasteiger partial charge in [0.25, 0.3) is 5.91 Å². The molecule has 0 radical (unpaired) electrons. The third kappa shape index (κ3) is 5.39. The van der Waals surface area contributed by atoms with Crippen LogP contribution in [0, 0.1) is 0 Å². The number of benzene rings is 2. The van der Waals surface area contributed by atoms with Crippen molar-refractivity contribution >= 4 is 17.7 Å². The second kappa shape index (κ2) is 9.45. The summed E-state index contributed by atoms with van der Waals surface area (Å²) in [4.78, 5) is 25.6. The largest absolute Gasteiger partial charge is 0.478 e. The van der Waals surface area contributed by atoms with Crippen LogP contribution in [0.2, 0.25) is 0 Å². The number of carboxylic acids is 1. The molecule has 1 aliphatic heterocycles. The number of amides is 1. The predicted octanol–water partition coefficient (Wildman–Crippen LogP) is 5.13. The van der Waals surface area contributed by atoms with Gasteiger partial charge in [0.1, 0.15) is 11.4 Å². The molecule has 7 nitrogen and oxygen atoms in total. The van der Waals surface area contributed by atoms with Crippen LogP contribution in [0.5, 0.6) is 0 Å². The molecule has 37 heavy (non-hydrogen) atoms. The zero-order valence-electron chi connectivity index (χ0n) is 19.2. The molecule has 4 rings (SSSR count). The molecule has 1 aliphatic rings. The number of hydrogen-bond acceptors (Lipinski definition) is 4. The van der Waals surface area contributed by atoms with Gasteiger partial charge < -0.3 is 15.3 Å². The van der Waals surface area contributed by atoms with Crippen molar-refractivity contribution in [3.8, 4) is 0 Å². The minimum Gasteiger partial charge on any atom is -0.478 e. The molecule has 1 amide bonds. The molecule has 3 aromatic rings. The van der Waals surface area contributed by atoms with Gasteiger partial charge in [0.2, 0.25) is 0 Å². The van der Waals surface area contributed by atoms with E-state index in [-0.39, 0.29) is 31.0 Å². The zero-order chi connectivity index (χ0) is 27.1. The number of halogens is 6. The highest BCUT2D eigenvalue weighted by molar-refractivity contribution is 6.01. The van der Waals surface area contributed by atoms with Crippen molar-refractivity contribution in [1.29, 1.82) is 0 Å². The maximum atomic E-state index is 13.8. The smallest absolute Gasteiger partial charge is 0.436 e. The number of carbonyl (C=O) groups is 2. The summed E-state index contributed by atoms with van der Waals surface area (Å²) in [6, 6.07) is 8.97. The van der Waals surface area contributed by atoms with Crippen molar-refractivity contribution in [2.75, 3.05) is 11.4 Å². The molecule has 1 atom stereocenters. The average Bonchev–Trinajstić information content (AvgIpc) is 3.39. The van der Waals surface area contributed by atoms with Crippen LogP contribution in [0.3, 0.4) is 0 Å². The Labute approximate surface area is 206 Å². The summed E-state index contributed by atoms with van der Waals surface area (Å²) >= 11 is 0. The first-order chi connectivity index (χ1) is 17.3. The molecule has 2 N–H and O–H groups in total. The highest BCUT2D eigenvalue weighted by Crippen LogP contribution is 2.39. The maximum absolute atomic E-state index is 13.8. The summed E-state index contributed by atoms with van der Waals surface area (Å²) in [7, 11) is 0. The van der Waals surface area contributed by atoms with Crippen LogP contribution in [0.1, 0.15) is 56.1 Å². The summed E-state index contributed by atoms with van der Waals surface area (Å²) in [5.41, 5.74) is -2.02. The van der Waals surface area contributed by atoms with E-state index >= 15 is 0 Å². The van der Waals surface area contributed by atoms with Crippen LogP contribution in [0.15, 0.2) is 48.5 Å². The third-order valence-corrected chi connectivity index (χ3v) is 5.96. The summed E-state index contributed by atoms with van der Waals surface area (Å²) in [5, 5.41) is 15.1.